The van der Waals surface area contributed by atoms with Gasteiger partial charge in [-0.15, -0.1) is 0 Å². The minimum Gasteiger partial charge on any atom is -0.508 e. The van der Waals surface area contributed by atoms with Gasteiger partial charge in [0, 0.05) is 0 Å². The van der Waals surface area contributed by atoms with Crippen molar-refractivity contribution in [3.8, 4) is 0 Å². The van der Waals surface area contributed by atoms with Crippen molar-refractivity contribution >= 4 is 5.97 Å². The summed E-state index contributed by atoms with van der Waals surface area (Å²) in [5.74, 6) is 0.0483. The van der Waals surface area contributed by atoms with Gasteiger partial charge in [0.05, 0.1) is 5.92 Å². The molecule has 1 rings (SSSR count). The molecule has 0 amide bonds. The van der Waals surface area contributed by atoms with E-state index in [9.17, 15) is 9.90 Å². The number of esters is 1. The molecule has 144 valence electrons. The number of hydrogen-bond acceptors (Lipinski definition) is 3. The molecule has 1 aliphatic rings. The largest absolute Gasteiger partial charge is 0.508 e. The number of allylic oxidation sites excluding steroid dienone is 2. The molecule has 0 radical (unpaired) electrons. The second-order valence-electron chi connectivity index (χ2n) is 7.26. The van der Waals surface area contributed by atoms with Gasteiger partial charge in [0.25, 0.3) is 0 Å². The summed E-state index contributed by atoms with van der Waals surface area (Å²) in [5.41, 5.74) is 0. The summed E-state index contributed by atoms with van der Waals surface area (Å²) in [4.78, 5) is 11.6. The molecule has 0 aromatic heterocycles. The maximum atomic E-state index is 11.6. The Morgan fingerprint density at radius 1 is 0.960 bits per heavy atom. The Labute approximate surface area is 154 Å². The van der Waals surface area contributed by atoms with Crippen LogP contribution in [-0.2, 0) is 9.53 Å². The summed E-state index contributed by atoms with van der Waals surface area (Å²) < 4.78 is 5.16. The van der Waals surface area contributed by atoms with E-state index in [0.717, 1.165) is 19.3 Å². The van der Waals surface area contributed by atoms with E-state index < -0.39 is 0 Å². The normalized spacial score (nSPS) is 20.7. The number of carbonyl (C=O) groups is 1. The number of aliphatic hydroxyl groups excluding tert-OH is 1. The summed E-state index contributed by atoms with van der Waals surface area (Å²) in [6.45, 7) is 4.42. The Hall–Kier alpha value is -1.25. The molecule has 3 nitrogen and oxygen atoms in total. The SMILES string of the molecule is CCCCCCCCC/C=C\C(O)=C\[C@@H]1OC(=O)[C@H]1CCCCCC. The maximum absolute atomic E-state index is 11.6. The predicted molar refractivity (Wildman–Crippen MR) is 105 cm³/mol. The molecule has 1 N–H and O–H groups in total. The Balaban J connectivity index is 2.15. The lowest BCUT2D eigenvalue weighted by molar-refractivity contribution is -0.178. The summed E-state index contributed by atoms with van der Waals surface area (Å²) >= 11 is 0. The molecular weight excluding hydrogens is 312 g/mol. The minimum absolute atomic E-state index is 0.0597. The second-order valence-corrected chi connectivity index (χ2v) is 7.26. The molecule has 2 atom stereocenters. The van der Waals surface area contributed by atoms with E-state index in [0.29, 0.717) is 0 Å². The molecule has 1 saturated heterocycles. The number of cyclic esters (lactones) is 1. The van der Waals surface area contributed by atoms with Gasteiger partial charge in [0.15, 0.2) is 0 Å². The predicted octanol–water partition coefficient (Wildman–Crippen LogP) is 6.64. The summed E-state index contributed by atoms with van der Waals surface area (Å²) in [7, 11) is 0. The Morgan fingerprint density at radius 2 is 1.56 bits per heavy atom. The van der Waals surface area contributed by atoms with E-state index in [-0.39, 0.29) is 23.8 Å². The van der Waals surface area contributed by atoms with Gasteiger partial charge >= 0.3 is 5.97 Å². The smallest absolute Gasteiger partial charge is 0.313 e. The lowest BCUT2D eigenvalue weighted by Gasteiger charge is -2.33. The zero-order chi connectivity index (χ0) is 18.3. The molecule has 1 heterocycles. The van der Waals surface area contributed by atoms with Crippen molar-refractivity contribution in [2.75, 3.05) is 0 Å². The molecule has 0 aromatic rings. The molecule has 1 fully saturated rings. The number of ether oxygens (including phenoxy) is 1. The van der Waals surface area contributed by atoms with Crippen LogP contribution in [0.3, 0.4) is 0 Å². The first-order valence-corrected chi connectivity index (χ1v) is 10.5. The van der Waals surface area contributed by atoms with E-state index >= 15 is 0 Å². The average Bonchev–Trinajstić information content (AvgIpc) is 2.59. The van der Waals surface area contributed by atoms with Gasteiger partial charge < -0.3 is 9.84 Å². The fourth-order valence-corrected chi connectivity index (χ4v) is 3.24. The highest BCUT2D eigenvalue weighted by Crippen LogP contribution is 2.29. The number of rotatable bonds is 15. The molecule has 25 heavy (non-hydrogen) atoms. The van der Waals surface area contributed by atoms with Crippen LogP contribution in [0.15, 0.2) is 24.0 Å². The van der Waals surface area contributed by atoms with Gasteiger partial charge in [-0.1, -0.05) is 84.1 Å². The van der Waals surface area contributed by atoms with Gasteiger partial charge in [-0.25, -0.2) is 0 Å². The van der Waals surface area contributed by atoms with Crippen LogP contribution in [0.5, 0.6) is 0 Å². The average molecular weight is 351 g/mol. The van der Waals surface area contributed by atoms with Crippen LogP contribution < -0.4 is 0 Å². The third-order valence-electron chi connectivity index (χ3n) is 4.92. The van der Waals surface area contributed by atoms with Crippen LogP contribution in [0.4, 0.5) is 0 Å². The highest BCUT2D eigenvalue weighted by Gasteiger charge is 2.40. The highest BCUT2D eigenvalue weighted by atomic mass is 16.6. The van der Waals surface area contributed by atoms with Crippen molar-refractivity contribution in [3.63, 3.8) is 0 Å². The van der Waals surface area contributed by atoms with Crippen LogP contribution in [-0.4, -0.2) is 17.2 Å². The quantitative estimate of drug-likeness (QED) is 0.156. The molecule has 0 bridgehead atoms. The Morgan fingerprint density at radius 3 is 2.20 bits per heavy atom. The first-order valence-electron chi connectivity index (χ1n) is 10.5. The molecule has 0 unspecified atom stereocenters. The fraction of sp³-hybridized carbons (Fsp3) is 0.773. The number of carbonyl (C=O) groups excluding carboxylic acids is 1. The van der Waals surface area contributed by atoms with Crippen LogP contribution >= 0.6 is 0 Å². The zero-order valence-electron chi connectivity index (χ0n) is 16.3. The van der Waals surface area contributed by atoms with E-state index in [1.54, 1.807) is 12.2 Å². The molecule has 0 spiro atoms. The van der Waals surface area contributed by atoms with Gasteiger partial charge in [0.1, 0.15) is 11.9 Å². The first kappa shape index (κ1) is 21.8. The summed E-state index contributed by atoms with van der Waals surface area (Å²) in [6.07, 6.45) is 20.8. The van der Waals surface area contributed by atoms with Crippen molar-refractivity contribution in [1.82, 2.24) is 0 Å². The molecule has 0 saturated carbocycles. The summed E-state index contributed by atoms with van der Waals surface area (Å²) in [5, 5.41) is 9.98. The first-order chi connectivity index (χ1) is 12.2. The van der Waals surface area contributed by atoms with Crippen LogP contribution in [0.25, 0.3) is 0 Å². The molecule has 1 aliphatic heterocycles. The van der Waals surface area contributed by atoms with Gasteiger partial charge in [-0.05, 0) is 31.4 Å². The highest BCUT2D eigenvalue weighted by molar-refractivity contribution is 5.79. The van der Waals surface area contributed by atoms with E-state index in [1.165, 1.54) is 64.2 Å². The van der Waals surface area contributed by atoms with Crippen molar-refractivity contribution < 1.29 is 14.6 Å². The standard InChI is InChI=1S/C22H38O3/c1-3-5-7-9-10-11-12-13-14-16-19(23)18-21-20(22(24)25-21)17-15-8-6-4-2/h14,16,18,20-21,23H,3-13,15,17H2,1-2H3/b16-14-,19-18-/t20-,21-/m0/s1. The maximum Gasteiger partial charge on any atom is 0.313 e. The van der Waals surface area contributed by atoms with Gasteiger partial charge in [0.2, 0.25) is 0 Å². The molecule has 0 aromatic carbocycles. The summed E-state index contributed by atoms with van der Waals surface area (Å²) in [6, 6.07) is 0. The molecule has 3 heteroatoms. The lowest BCUT2D eigenvalue weighted by Crippen LogP contribution is -2.43. The number of unbranched alkanes of at least 4 members (excludes halogenated alkanes) is 10. The van der Waals surface area contributed by atoms with Gasteiger partial charge in [-0.3, -0.25) is 4.79 Å². The van der Waals surface area contributed by atoms with Crippen LogP contribution in [0.2, 0.25) is 0 Å². The van der Waals surface area contributed by atoms with E-state index in [4.69, 9.17) is 4.74 Å². The Bertz CT molecular complexity index is 411. The van der Waals surface area contributed by atoms with Crippen molar-refractivity contribution in [1.29, 1.82) is 0 Å². The van der Waals surface area contributed by atoms with E-state index in [2.05, 4.69) is 13.8 Å². The molecule has 0 aliphatic carbocycles. The van der Waals surface area contributed by atoms with Crippen molar-refractivity contribution in [2.45, 2.75) is 103 Å². The van der Waals surface area contributed by atoms with E-state index in [1.807, 2.05) is 6.08 Å². The van der Waals surface area contributed by atoms with Crippen LogP contribution in [0.1, 0.15) is 97.3 Å². The molecular formula is C22H38O3. The fourth-order valence-electron chi connectivity index (χ4n) is 3.24. The zero-order valence-corrected chi connectivity index (χ0v) is 16.3. The Kier molecular flexibility index (Phi) is 12.2. The minimum atomic E-state index is -0.239. The van der Waals surface area contributed by atoms with Gasteiger partial charge in [-0.2, -0.15) is 0 Å². The number of hydrogen-bond donors (Lipinski definition) is 1. The lowest BCUT2D eigenvalue weighted by atomic mass is 9.90. The van der Waals surface area contributed by atoms with Crippen LogP contribution in [0, 0.1) is 5.92 Å². The number of aliphatic hydroxyl groups is 1. The monoisotopic (exact) mass is 350 g/mol. The third kappa shape index (κ3) is 9.72. The topological polar surface area (TPSA) is 46.5 Å². The van der Waals surface area contributed by atoms with Crippen molar-refractivity contribution in [2.24, 2.45) is 5.92 Å². The second kappa shape index (κ2) is 14.0. The third-order valence-corrected chi connectivity index (χ3v) is 4.92. The van der Waals surface area contributed by atoms with Crippen molar-refractivity contribution in [3.05, 3.63) is 24.0 Å².